The zero-order valence-electron chi connectivity index (χ0n) is 10.3. The van der Waals surface area contributed by atoms with Crippen molar-refractivity contribution < 1.29 is 24.2 Å². The van der Waals surface area contributed by atoms with Crippen molar-refractivity contribution in [3.63, 3.8) is 0 Å². The van der Waals surface area contributed by atoms with Gasteiger partial charge in [-0.1, -0.05) is 0 Å². The molecule has 0 aliphatic carbocycles. The molecule has 7 heteroatoms. The summed E-state index contributed by atoms with van der Waals surface area (Å²) in [4.78, 5) is 23.2. The van der Waals surface area contributed by atoms with Crippen LogP contribution in [0.2, 0.25) is 0 Å². The van der Waals surface area contributed by atoms with Gasteiger partial charge in [0, 0.05) is 13.1 Å². The Morgan fingerprint density at radius 3 is 2.47 bits per heavy atom. The Labute approximate surface area is 101 Å². The smallest absolute Gasteiger partial charge is 0.329 e. The molecule has 0 saturated heterocycles. The molecular weight excluding hydrogens is 228 g/mol. The van der Waals surface area contributed by atoms with Gasteiger partial charge in [-0.05, 0) is 14.1 Å². The van der Waals surface area contributed by atoms with E-state index in [1.807, 2.05) is 19.0 Å². The number of carboxylic acids is 1. The van der Waals surface area contributed by atoms with Crippen molar-refractivity contribution in [1.29, 1.82) is 0 Å². The number of carbonyl (C=O) groups is 2. The summed E-state index contributed by atoms with van der Waals surface area (Å²) in [5, 5.41) is 10.8. The second-order valence-electron chi connectivity index (χ2n) is 3.65. The monoisotopic (exact) mass is 248 g/mol. The maximum atomic E-state index is 11.1. The molecule has 0 aromatic carbocycles. The number of ether oxygens (including phenoxy) is 2. The molecular formula is C10H20N2O5. The molecule has 0 fully saturated rings. The number of nitrogens with one attached hydrogen (secondary N) is 1. The number of nitrogens with zero attached hydrogens (tertiary/aromatic N) is 1. The van der Waals surface area contributed by atoms with Gasteiger partial charge in [-0.2, -0.15) is 0 Å². The molecule has 0 bridgehead atoms. The minimum Gasteiger partial charge on any atom is -0.480 e. The molecule has 0 unspecified atom stereocenters. The van der Waals surface area contributed by atoms with Crippen LogP contribution >= 0.6 is 0 Å². The summed E-state index contributed by atoms with van der Waals surface area (Å²) in [6, 6.07) is 0. The van der Waals surface area contributed by atoms with Crippen LogP contribution in [0.25, 0.3) is 0 Å². The van der Waals surface area contributed by atoms with Crippen LogP contribution in [0.5, 0.6) is 0 Å². The molecule has 0 spiro atoms. The van der Waals surface area contributed by atoms with Crippen LogP contribution in [0.1, 0.15) is 0 Å². The highest BCUT2D eigenvalue weighted by molar-refractivity contribution is 5.77. The van der Waals surface area contributed by atoms with Crippen LogP contribution < -0.4 is 5.32 Å². The Balaban J connectivity index is 3.25. The fraction of sp³-hybridized carbons (Fsp3) is 0.800. The minimum atomic E-state index is -1.09. The van der Waals surface area contributed by atoms with E-state index in [1.165, 1.54) is 0 Å². The minimum absolute atomic E-state index is 0.246. The van der Waals surface area contributed by atoms with Gasteiger partial charge in [0.1, 0.15) is 13.2 Å². The molecule has 100 valence electrons. The quantitative estimate of drug-likeness (QED) is 0.471. The van der Waals surface area contributed by atoms with Gasteiger partial charge in [0.15, 0.2) is 0 Å². The third-order valence-electron chi connectivity index (χ3n) is 1.71. The predicted octanol–water partition coefficient (Wildman–Crippen LogP) is -1.22. The average Bonchev–Trinajstić information content (AvgIpc) is 2.22. The number of hydrogen-bond donors (Lipinski definition) is 2. The maximum absolute atomic E-state index is 11.1. The molecule has 2 N–H and O–H groups in total. The second-order valence-corrected chi connectivity index (χ2v) is 3.65. The topological polar surface area (TPSA) is 88.1 Å². The van der Waals surface area contributed by atoms with E-state index in [4.69, 9.17) is 9.84 Å². The molecule has 0 rings (SSSR count). The molecule has 0 radical (unpaired) electrons. The van der Waals surface area contributed by atoms with Crippen molar-refractivity contribution in [3.8, 4) is 0 Å². The Morgan fingerprint density at radius 1 is 1.18 bits per heavy atom. The largest absolute Gasteiger partial charge is 0.480 e. The highest BCUT2D eigenvalue weighted by atomic mass is 16.5. The van der Waals surface area contributed by atoms with Gasteiger partial charge in [0.2, 0.25) is 5.91 Å². The summed E-state index contributed by atoms with van der Waals surface area (Å²) < 4.78 is 9.85. The van der Waals surface area contributed by atoms with Crippen LogP contribution in [0.3, 0.4) is 0 Å². The van der Waals surface area contributed by atoms with Crippen molar-refractivity contribution in [1.82, 2.24) is 10.2 Å². The molecule has 17 heavy (non-hydrogen) atoms. The lowest BCUT2D eigenvalue weighted by atomic mass is 10.5. The lowest BCUT2D eigenvalue weighted by molar-refractivity contribution is -0.143. The average molecular weight is 248 g/mol. The number of amides is 1. The summed E-state index contributed by atoms with van der Waals surface area (Å²) in [7, 11) is 3.90. The van der Waals surface area contributed by atoms with E-state index in [0.717, 1.165) is 6.54 Å². The molecule has 0 aliphatic rings. The lowest BCUT2D eigenvalue weighted by Crippen LogP contribution is -2.31. The van der Waals surface area contributed by atoms with Crippen molar-refractivity contribution in [2.24, 2.45) is 0 Å². The van der Waals surface area contributed by atoms with Gasteiger partial charge in [-0.15, -0.1) is 0 Å². The molecule has 0 aromatic heterocycles. The first kappa shape index (κ1) is 15.8. The number of carbonyl (C=O) groups excluding carboxylic acids is 1. The molecule has 0 heterocycles. The number of aliphatic carboxylic acids is 1. The SMILES string of the molecule is CN(C)CCOCCNC(=O)COCC(=O)O. The van der Waals surface area contributed by atoms with Gasteiger partial charge in [0.05, 0.1) is 13.2 Å². The Bertz CT molecular complexity index is 233. The third kappa shape index (κ3) is 12.8. The highest BCUT2D eigenvalue weighted by Crippen LogP contribution is 1.79. The van der Waals surface area contributed by atoms with Crippen LogP contribution in [-0.4, -0.2) is 75.5 Å². The summed E-state index contributed by atoms with van der Waals surface area (Å²) in [6.45, 7) is 1.55. The number of hydrogen-bond acceptors (Lipinski definition) is 5. The van der Waals surface area contributed by atoms with E-state index in [-0.39, 0.29) is 12.5 Å². The number of rotatable bonds is 10. The van der Waals surface area contributed by atoms with E-state index in [1.54, 1.807) is 0 Å². The van der Waals surface area contributed by atoms with E-state index in [2.05, 4.69) is 10.1 Å². The van der Waals surface area contributed by atoms with Crippen molar-refractivity contribution in [2.75, 3.05) is 53.6 Å². The Hall–Kier alpha value is -1.18. The van der Waals surface area contributed by atoms with Gasteiger partial charge < -0.3 is 24.8 Å². The van der Waals surface area contributed by atoms with E-state index < -0.39 is 12.6 Å². The van der Waals surface area contributed by atoms with Crippen molar-refractivity contribution in [3.05, 3.63) is 0 Å². The maximum Gasteiger partial charge on any atom is 0.329 e. The molecule has 7 nitrogen and oxygen atoms in total. The summed E-state index contributed by atoms with van der Waals surface area (Å²) in [5.74, 6) is -1.44. The summed E-state index contributed by atoms with van der Waals surface area (Å²) >= 11 is 0. The number of carboxylic acid groups (broad SMARTS) is 1. The Kier molecular flexibility index (Phi) is 9.31. The Morgan fingerprint density at radius 2 is 1.88 bits per heavy atom. The van der Waals surface area contributed by atoms with Crippen molar-refractivity contribution in [2.45, 2.75) is 0 Å². The first-order valence-electron chi connectivity index (χ1n) is 5.31. The molecule has 0 aromatic rings. The molecule has 0 aliphatic heterocycles. The molecule has 0 atom stereocenters. The molecule has 1 amide bonds. The van der Waals surface area contributed by atoms with Crippen molar-refractivity contribution >= 4 is 11.9 Å². The van der Waals surface area contributed by atoms with E-state index >= 15 is 0 Å². The van der Waals surface area contributed by atoms with Gasteiger partial charge in [-0.25, -0.2) is 4.79 Å². The van der Waals surface area contributed by atoms with Crippen LogP contribution in [0.15, 0.2) is 0 Å². The van der Waals surface area contributed by atoms with Gasteiger partial charge in [-0.3, -0.25) is 4.79 Å². The predicted molar refractivity (Wildman–Crippen MR) is 60.8 cm³/mol. The normalized spacial score (nSPS) is 10.5. The fourth-order valence-corrected chi connectivity index (χ4v) is 0.894. The first-order chi connectivity index (χ1) is 8.02. The second kappa shape index (κ2) is 10.0. The first-order valence-corrected chi connectivity index (χ1v) is 5.31. The van der Waals surface area contributed by atoms with Crippen LogP contribution in [0, 0.1) is 0 Å². The van der Waals surface area contributed by atoms with Crippen LogP contribution in [-0.2, 0) is 19.1 Å². The standard InChI is InChI=1S/C10H20N2O5/c1-12(2)4-6-16-5-3-11-9(13)7-17-8-10(14)15/h3-8H2,1-2H3,(H,11,13)(H,14,15). The van der Waals surface area contributed by atoms with E-state index in [9.17, 15) is 9.59 Å². The summed E-state index contributed by atoms with van der Waals surface area (Å²) in [5.41, 5.74) is 0. The summed E-state index contributed by atoms with van der Waals surface area (Å²) in [6.07, 6.45) is 0. The van der Waals surface area contributed by atoms with E-state index in [0.29, 0.717) is 19.8 Å². The van der Waals surface area contributed by atoms with Gasteiger partial charge in [0.25, 0.3) is 0 Å². The van der Waals surface area contributed by atoms with Crippen LogP contribution in [0.4, 0.5) is 0 Å². The lowest BCUT2D eigenvalue weighted by Gasteiger charge is -2.10. The van der Waals surface area contributed by atoms with Gasteiger partial charge >= 0.3 is 5.97 Å². The highest BCUT2D eigenvalue weighted by Gasteiger charge is 2.02. The number of likely N-dealkylation sites (N-methyl/N-ethyl adjacent to an activating group) is 1. The molecule has 0 saturated carbocycles. The zero-order chi connectivity index (χ0) is 13.1. The zero-order valence-corrected chi connectivity index (χ0v) is 10.3. The third-order valence-corrected chi connectivity index (χ3v) is 1.71. The fourth-order valence-electron chi connectivity index (χ4n) is 0.894.